The second-order valence-corrected chi connectivity index (χ2v) is 7.40. The summed E-state index contributed by atoms with van der Waals surface area (Å²) in [5.74, 6) is 0. The minimum atomic E-state index is -4.10. The van der Waals surface area contributed by atoms with Crippen LogP contribution in [0.3, 0.4) is 0 Å². The van der Waals surface area contributed by atoms with Gasteiger partial charge in [-0.25, -0.2) is 0 Å². The SMILES string of the molecule is CCCCCCCCCCCCc1ccccc1S(=O)(=O)O.[Cd]. The molecule has 0 atom stereocenters. The standard InChI is InChI=1S/C18H30O3S.Cd/c1-2-3-4-5-6-7-8-9-10-11-14-17-15-12-13-16-18(17)22(19,20)21;/h12-13,15-16H,2-11,14H2,1H3,(H,19,20,21);. The van der Waals surface area contributed by atoms with E-state index in [9.17, 15) is 13.0 Å². The molecule has 5 heteroatoms. The van der Waals surface area contributed by atoms with Crippen LogP contribution in [0, 0.1) is 0 Å². The van der Waals surface area contributed by atoms with Crippen molar-refractivity contribution in [2.45, 2.75) is 82.4 Å². The van der Waals surface area contributed by atoms with Crippen molar-refractivity contribution in [2.24, 2.45) is 0 Å². The maximum absolute atomic E-state index is 11.3. The summed E-state index contributed by atoms with van der Waals surface area (Å²) in [7, 11) is -4.10. The van der Waals surface area contributed by atoms with E-state index in [2.05, 4.69) is 6.92 Å². The first kappa shape index (κ1) is 23.1. The maximum atomic E-state index is 11.3. The summed E-state index contributed by atoms with van der Waals surface area (Å²) in [4.78, 5) is 0.0610. The van der Waals surface area contributed by atoms with Crippen molar-refractivity contribution in [3.8, 4) is 0 Å². The van der Waals surface area contributed by atoms with Gasteiger partial charge in [0.1, 0.15) is 0 Å². The van der Waals surface area contributed by atoms with E-state index in [4.69, 9.17) is 0 Å². The van der Waals surface area contributed by atoms with E-state index >= 15 is 0 Å². The average molecular weight is 439 g/mol. The number of rotatable bonds is 12. The third-order valence-corrected chi connectivity index (χ3v) is 5.00. The molecule has 128 valence electrons. The van der Waals surface area contributed by atoms with E-state index in [-0.39, 0.29) is 32.2 Å². The van der Waals surface area contributed by atoms with Crippen molar-refractivity contribution in [2.75, 3.05) is 0 Å². The molecule has 1 rings (SSSR count). The molecule has 0 saturated carbocycles. The minimum Gasteiger partial charge on any atom is -0.282 e. The zero-order chi connectivity index (χ0) is 16.3. The fourth-order valence-corrected chi connectivity index (χ4v) is 3.52. The molecule has 0 fully saturated rings. The quantitative estimate of drug-likeness (QED) is 0.270. The molecule has 0 bridgehead atoms. The van der Waals surface area contributed by atoms with E-state index in [0.717, 1.165) is 18.4 Å². The van der Waals surface area contributed by atoms with Gasteiger partial charge in [-0.3, -0.25) is 4.55 Å². The van der Waals surface area contributed by atoms with Gasteiger partial charge in [-0.1, -0.05) is 82.9 Å². The van der Waals surface area contributed by atoms with Crippen LogP contribution in [-0.4, -0.2) is 13.0 Å². The summed E-state index contributed by atoms with van der Waals surface area (Å²) in [6.07, 6.45) is 13.3. The van der Waals surface area contributed by atoms with Gasteiger partial charge in [-0.2, -0.15) is 8.42 Å². The molecule has 0 unspecified atom stereocenters. The Kier molecular flexibility index (Phi) is 13.4. The van der Waals surface area contributed by atoms with E-state index in [1.54, 1.807) is 12.1 Å². The van der Waals surface area contributed by atoms with Crippen molar-refractivity contribution in [3.63, 3.8) is 0 Å². The number of unbranched alkanes of at least 4 members (excludes halogenated alkanes) is 9. The average Bonchev–Trinajstić information content (AvgIpc) is 2.48. The van der Waals surface area contributed by atoms with Crippen molar-refractivity contribution in [1.82, 2.24) is 0 Å². The molecule has 0 aliphatic heterocycles. The Balaban J connectivity index is 0.00000484. The summed E-state index contributed by atoms with van der Waals surface area (Å²) in [6.45, 7) is 2.24. The predicted octanol–water partition coefficient (Wildman–Crippen LogP) is 5.39. The van der Waals surface area contributed by atoms with Crippen LogP contribution in [0.5, 0.6) is 0 Å². The van der Waals surface area contributed by atoms with Gasteiger partial charge in [0.15, 0.2) is 0 Å². The van der Waals surface area contributed by atoms with Crippen LogP contribution in [0.4, 0.5) is 0 Å². The number of hydrogen-bond acceptors (Lipinski definition) is 2. The third-order valence-electron chi connectivity index (χ3n) is 4.05. The van der Waals surface area contributed by atoms with Gasteiger partial charge in [0, 0.05) is 27.3 Å². The van der Waals surface area contributed by atoms with Gasteiger partial charge in [-0.15, -0.1) is 0 Å². The Labute approximate surface area is 162 Å². The van der Waals surface area contributed by atoms with Crippen LogP contribution in [0.15, 0.2) is 29.2 Å². The van der Waals surface area contributed by atoms with Crippen LogP contribution in [-0.2, 0) is 43.8 Å². The van der Waals surface area contributed by atoms with E-state index in [0.29, 0.717) is 6.42 Å². The molecule has 1 aromatic rings. The fourth-order valence-electron chi connectivity index (χ4n) is 2.76. The second kappa shape index (κ2) is 13.4. The molecule has 3 nitrogen and oxygen atoms in total. The summed E-state index contributed by atoms with van der Waals surface area (Å²) in [5.41, 5.74) is 0.726. The summed E-state index contributed by atoms with van der Waals surface area (Å²) in [5, 5.41) is 0. The molecule has 0 aliphatic carbocycles. The normalized spacial score (nSPS) is 11.2. The molecular formula is C18H30CdO3S. The van der Waals surface area contributed by atoms with Crippen molar-refractivity contribution in [3.05, 3.63) is 29.8 Å². The summed E-state index contributed by atoms with van der Waals surface area (Å²) >= 11 is 0. The number of benzene rings is 1. The zero-order valence-corrected chi connectivity index (χ0v) is 19.3. The summed E-state index contributed by atoms with van der Waals surface area (Å²) < 4.78 is 31.8. The first-order valence-corrected chi connectivity index (χ1v) is 10.0. The van der Waals surface area contributed by atoms with Crippen LogP contribution in [0.2, 0.25) is 0 Å². The van der Waals surface area contributed by atoms with Gasteiger partial charge < -0.3 is 0 Å². The summed E-state index contributed by atoms with van der Waals surface area (Å²) in [6, 6.07) is 6.73. The number of aryl methyl sites for hydroxylation is 1. The van der Waals surface area contributed by atoms with Crippen LogP contribution < -0.4 is 0 Å². The van der Waals surface area contributed by atoms with Crippen molar-refractivity contribution in [1.29, 1.82) is 0 Å². The van der Waals surface area contributed by atoms with Crippen molar-refractivity contribution < 1.29 is 40.3 Å². The molecule has 23 heavy (non-hydrogen) atoms. The van der Waals surface area contributed by atoms with Crippen molar-refractivity contribution >= 4 is 10.1 Å². The molecule has 1 N–H and O–H groups in total. The van der Waals surface area contributed by atoms with E-state index in [1.807, 2.05) is 6.07 Å². The van der Waals surface area contributed by atoms with E-state index < -0.39 is 10.1 Å². The molecule has 0 aliphatic rings. The first-order valence-electron chi connectivity index (χ1n) is 8.61. The zero-order valence-electron chi connectivity index (χ0n) is 14.5. The Hall–Kier alpha value is 0.0521. The predicted molar refractivity (Wildman–Crippen MR) is 91.8 cm³/mol. The van der Waals surface area contributed by atoms with Gasteiger partial charge >= 0.3 is 0 Å². The molecule has 0 aromatic heterocycles. The molecule has 0 amide bonds. The van der Waals surface area contributed by atoms with E-state index in [1.165, 1.54) is 57.4 Å². The van der Waals surface area contributed by atoms with Gasteiger partial charge in [0.05, 0.1) is 4.90 Å². The Morgan fingerprint density at radius 2 is 1.30 bits per heavy atom. The van der Waals surface area contributed by atoms with Crippen LogP contribution in [0.1, 0.15) is 76.7 Å². The van der Waals surface area contributed by atoms with Gasteiger partial charge in [-0.05, 0) is 24.5 Å². The molecular weight excluding hydrogens is 409 g/mol. The minimum absolute atomic E-state index is 0. The molecule has 0 radical (unpaired) electrons. The number of hydrogen-bond donors (Lipinski definition) is 1. The van der Waals surface area contributed by atoms with Crippen LogP contribution >= 0.6 is 0 Å². The Morgan fingerprint density at radius 1 is 0.826 bits per heavy atom. The molecule has 1 aromatic carbocycles. The molecule has 0 spiro atoms. The third kappa shape index (κ3) is 10.5. The topological polar surface area (TPSA) is 54.4 Å². The maximum Gasteiger partial charge on any atom is 0.294 e. The second-order valence-electron chi connectivity index (χ2n) is 6.01. The Morgan fingerprint density at radius 3 is 1.83 bits per heavy atom. The largest absolute Gasteiger partial charge is 0.294 e. The smallest absolute Gasteiger partial charge is 0.282 e. The molecule has 0 heterocycles. The van der Waals surface area contributed by atoms with Crippen LogP contribution in [0.25, 0.3) is 0 Å². The Bertz CT molecular complexity index is 515. The fraction of sp³-hybridized carbons (Fsp3) is 0.667. The first-order chi connectivity index (χ1) is 10.6. The molecule has 0 saturated heterocycles. The van der Waals surface area contributed by atoms with Gasteiger partial charge in [0.2, 0.25) is 0 Å². The monoisotopic (exact) mass is 440 g/mol. The van der Waals surface area contributed by atoms with Gasteiger partial charge in [0.25, 0.3) is 10.1 Å².